The van der Waals surface area contributed by atoms with Crippen molar-refractivity contribution < 1.29 is 0 Å². The van der Waals surface area contributed by atoms with Crippen LogP contribution in [0.1, 0.15) is 11.3 Å². The highest BCUT2D eigenvalue weighted by atomic mass is 79.9. The molecule has 3 aromatic rings. The molecule has 0 saturated heterocycles. The van der Waals surface area contributed by atoms with Crippen LogP contribution in [0.3, 0.4) is 0 Å². The van der Waals surface area contributed by atoms with Gasteiger partial charge in [0.05, 0.1) is 12.2 Å². The van der Waals surface area contributed by atoms with Crippen molar-refractivity contribution in [1.82, 2.24) is 20.0 Å². The van der Waals surface area contributed by atoms with E-state index in [1.54, 1.807) is 0 Å². The third kappa shape index (κ3) is 3.38. The molecule has 0 unspecified atom stereocenters. The highest BCUT2D eigenvalue weighted by Gasteiger charge is 2.15. The second-order valence-corrected chi connectivity index (χ2v) is 7.15. The van der Waals surface area contributed by atoms with Gasteiger partial charge in [0, 0.05) is 43.4 Å². The van der Waals surface area contributed by atoms with Crippen LogP contribution in [0.25, 0.3) is 10.8 Å². The Bertz CT molecular complexity index is 842. The van der Waals surface area contributed by atoms with Gasteiger partial charge in [-0.2, -0.15) is 5.10 Å². The van der Waals surface area contributed by atoms with Crippen LogP contribution in [0.15, 0.2) is 53.1 Å². The topological polar surface area (TPSA) is 33.1 Å². The van der Waals surface area contributed by atoms with Gasteiger partial charge in [-0.15, -0.1) is 0 Å². The van der Waals surface area contributed by atoms with Gasteiger partial charge in [0.25, 0.3) is 0 Å². The van der Waals surface area contributed by atoms with Crippen molar-refractivity contribution in [1.29, 1.82) is 0 Å². The number of hydrogen-bond donors (Lipinski definition) is 1. The van der Waals surface area contributed by atoms with E-state index >= 15 is 0 Å². The molecule has 0 atom stereocenters. The fraction of sp³-hybridized carbons (Fsp3) is 0.316. The van der Waals surface area contributed by atoms with Crippen LogP contribution in [0.5, 0.6) is 0 Å². The van der Waals surface area contributed by atoms with Gasteiger partial charge in [0.1, 0.15) is 0 Å². The van der Waals surface area contributed by atoms with Gasteiger partial charge < -0.3 is 5.32 Å². The van der Waals surface area contributed by atoms with Gasteiger partial charge in [-0.05, 0) is 34.5 Å². The Morgan fingerprint density at radius 3 is 3.04 bits per heavy atom. The lowest BCUT2D eigenvalue weighted by Crippen LogP contribution is -2.38. The van der Waals surface area contributed by atoms with E-state index in [1.807, 2.05) is 6.20 Å². The summed E-state index contributed by atoms with van der Waals surface area (Å²) in [6.07, 6.45) is 1.90. The van der Waals surface area contributed by atoms with Crippen molar-refractivity contribution in [3.05, 3.63) is 64.4 Å². The SMILES string of the molecule is Brc1cccc2cc(CNCCN3CCn4nccc4C3)ccc12. The lowest BCUT2D eigenvalue weighted by Gasteiger charge is -2.27. The second-order valence-electron chi connectivity index (χ2n) is 6.29. The molecule has 2 heterocycles. The van der Waals surface area contributed by atoms with Crippen molar-refractivity contribution in [2.24, 2.45) is 0 Å². The number of nitrogens with one attached hydrogen (secondary N) is 1. The van der Waals surface area contributed by atoms with Gasteiger partial charge in [-0.1, -0.05) is 40.2 Å². The van der Waals surface area contributed by atoms with Crippen LogP contribution >= 0.6 is 15.9 Å². The Balaban J connectivity index is 1.29. The molecule has 1 N–H and O–H groups in total. The summed E-state index contributed by atoms with van der Waals surface area (Å²) < 4.78 is 3.26. The Labute approximate surface area is 150 Å². The standard InChI is InChI=1S/C19H21BrN4/c20-19-3-1-2-16-12-15(4-5-18(16)19)13-21-8-9-23-10-11-24-17(14-23)6-7-22-24/h1-7,12,21H,8-11,13-14H2. The minimum atomic E-state index is 0.911. The molecule has 0 bridgehead atoms. The summed E-state index contributed by atoms with van der Waals surface area (Å²) in [6, 6.07) is 15.1. The van der Waals surface area contributed by atoms with Gasteiger partial charge in [-0.3, -0.25) is 9.58 Å². The summed E-state index contributed by atoms with van der Waals surface area (Å²) in [5, 5.41) is 10.5. The molecule has 4 nitrogen and oxygen atoms in total. The zero-order valence-corrected chi connectivity index (χ0v) is 15.2. The molecule has 1 aliphatic rings. The third-order valence-electron chi connectivity index (χ3n) is 4.64. The Hall–Kier alpha value is -1.69. The summed E-state index contributed by atoms with van der Waals surface area (Å²) in [6.45, 7) is 6.08. The smallest absolute Gasteiger partial charge is 0.0540 e. The molecule has 0 spiro atoms. The quantitative estimate of drug-likeness (QED) is 0.684. The lowest BCUT2D eigenvalue weighted by atomic mass is 10.1. The monoisotopic (exact) mass is 384 g/mol. The van der Waals surface area contributed by atoms with E-state index < -0.39 is 0 Å². The van der Waals surface area contributed by atoms with E-state index in [9.17, 15) is 0 Å². The molecule has 0 amide bonds. The number of aromatic nitrogens is 2. The molecule has 0 fully saturated rings. The first kappa shape index (κ1) is 15.8. The molecule has 1 aromatic heterocycles. The average Bonchev–Trinajstić information content (AvgIpc) is 3.07. The number of benzene rings is 2. The fourth-order valence-electron chi connectivity index (χ4n) is 3.30. The van der Waals surface area contributed by atoms with Gasteiger partial charge in [-0.25, -0.2) is 0 Å². The largest absolute Gasteiger partial charge is 0.311 e. The number of rotatable bonds is 5. The fourth-order valence-corrected chi connectivity index (χ4v) is 3.82. The van der Waals surface area contributed by atoms with Crippen molar-refractivity contribution in [3.63, 3.8) is 0 Å². The molecule has 124 valence electrons. The Morgan fingerprint density at radius 1 is 1.12 bits per heavy atom. The first-order valence-corrected chi connectivity index (χ1v) is 9.20. The minimum Gasteiger partial charge on any atom is -0.311 e. The molecule has 0 radical (unpaired) electrons. The van der Waals surface area contributed by atoms with Crippen LogP contribution in [-0.2, 0) is 19.6 Å². The molecule has 1 aliphatic heterocycles. The van der Waals surface area contributed by atoms with E-state index in [4.69, 9.17) is 0 Å². The van der Waals surface area contributed by atoms with Crippen molar-refractivity contribution in [3.8, 4) is 0 Å². The van der Waals surface area contributed by atoms with Crippen LogP contribution in [0, 0.1) is 0 Å². The van der Waals surface area contributed by atoms with Gasteiger partial charge in [0.2, 0.25) is 0 Å². The van der Waals surface area contributed by atoms with Crippen molar-refractivity contribution >= 4 is 26.7 Å². The normalized spacial score (nSPS) is 14.9. The summed E-state index contributed by atoms with van der Waals surface area (Å²) in [5.74, 6) is 0. The van der Waals surface area contributed by atoms with Crippen molar-refractivity contribution in [2.45, 2.75) is 19.6 Å². The Morgan fingerprint density at radius 2 is 2.08 bits per heavy atom. The average molecular weight is 385 g/mol. The van der Waals surface area contributed by atoms with E-state index in [2.05, 4.69) is 78.4 Å². The maximum Gasteiger partial charge on any atom is 0.0540 e. The molecule has 24 heavy (non-hydrogen) atoms. The molecular weight excluding hydrogens is 364 g/mol. The Kier molecular flexibility index (Phi) is 4.65. The zero-order valence-electron chi connectivity index (χ0n) is 13.6. The summed E-state index contributed by atoms with van der Waals surface area (Å²) >= 11 is 3.61. The van der Waals surface area contributed by atoms with E-state index in [0.717, 1.165) is 43.7 Å². The molecule has 0 aliphatic carbocycles. The third-order valence-corrected chi connectivity index (χ3v) is 5.34. The number of fused-ring (bicyclic) bond motifs is 2. The van der Waals surface area contributed by atoms with Crippen molar-refractivity contribution in [2.75, 3.05) is 19.6 Å². The molecule has 0 saturated carbocycles. The van der Waals surface area contributed by atoms with E-state index in [0.29, 0.717) is 0 Å². The van der Waals surface area contributed by atoms with E-state index in [1.165, 1.54) is 22.0 Å². The predicted octanol–water partition coefficient (Wildman–Crippen LogP) is 3.40. The molecule has 5 heteroatoms. The van der Waals surface area contributed by atoms with Crippen LogP contribution in [-0.4, -0.2) is 34.3 Å². The van der Waals surface area contributed by atoms with Gasteiger partial charge >= 0.3 is 0 Å². The number of nitrogens with zero attached hydrogens (tertiary/aromatic N) is 3. The first-order valence-electron chi connectivity index (χ1n) is 8.40. The maximum atomic E-state index is 4.33. The van der Waals surface area contributed by atoms with Gasteiger partial charge in [0.15, 0.2) is 0 Å². The minimum absolute atomic E-state index is 0.911. The lowest BCUT2D eigenvalue weighted by molar-refractivity contribution is 0.213. The summed E-state index contributed by atoms with van der Waals surface area (Å²) in [4.78, 5) is 2.49. The van der Waals surface area contributed by atoms with Crippen LogP contribution in [0.2, 0.25) is 0 Å². The van der Waals surface area contributed by atoms with Crippen LogP contribution in [0.4, 0.5) is 0 Å². The highest BCUT2D eigenvalue weighted by Crippen LogP contribution is 2.24. The van der Waals surface area contributed by atoms with Crippen LogP contribution < -0.4 is 5.32 Å². The molecular formula is C19H21BrN4. The number of halogens is 1. The number of hydrogen-bond acceptors (Lipinski definition) is 3. The zero-order chi connectivity index (χ0) is 16.4. The molecule has 2 aromatic carbocycles. The maximum absolute atomic E-state index is 4.33. The highest BCUT2D eigenvalue weighted by molar-refractivity contribution is 9.10. The molecule has 4 rings (SSSR count). The first-order chi connectivity index (χ1) is 11.8. The van der Waals surface area contributed by atoms with E-state index in [-0.39, 0.29) is 0 Å². The summed E-state index contributed by atoms with van der Waals surface area (Å²) in [7, 11) is 0. The summed E-state index contributed by atoms with van der Waals surface area (Å²) in [5.41, 5.74) is 2.65. The second kappa shape index (κ2) is 7.05. The predicted molar refractivity (Wildman–Crippen MR) is 101 cm³/mol.